The van der Waals surface area contributed by atoms with E-state index >= 15 is 0 Å². The summed E-state index contributed by atoms with van der Waals surface area (Å²) in [5.74, 6) is -1.71. The quantitative estimate of drug-likeness (QED) is 0.0183. The molecule has 0 rings (SSSR count). The van der Waals surface area contributed by atoms with E-state index in [1.165, 1.54) is 122 Å². The van der Waals surface area contributed by atoms with Crippen molar-refractivity contribution >= 4 is 19.5 Å². The van der Waals surface area contributed by atoms with Crippen LogP contribution in [0.15, 0.2) is 0 Å². The first-order valence-corrected chi connectivity index (χ1v) is 23.5. The summed E-state index contributed by atoms with van der Waals surface area (Å²) in [7, 11) is -0.802. The molecule has 0 aliphatic carbocycles. The Morgan fingerprint density at radius 1 is 0.585 bits per heavy atom. The van der Waals surface area contributed by atoms with E-state index in [-0.39, 0.29) is 42.9 Å². The molecule has 0 spiro atoms. The largest absolute Gasteiger partial charge is 0.462 e. The van der Waals surface area contributed by atoms with Crippen molar-refractivity contribution in [3.63, 3.8) is 0 Å². The minimum atomic E-state index is -4.23. The van der Waals surface area contributed by atoms with E-state index in [4.69, 9.17) is 14.0 Å². The van der Waals surface area contributed by atoms with Gasteiger partial charge in [-0.25, -0.2) is 0 Å². The number of ether oxygens (including phenoxy) is 2. The Bertz CT molecular complexity index is 917. The van der Waals surface area contributed by atoms with E-state index in [2.05, 4.69) is 13.8 Å². The van der Waals surface area contributed by atoms with Gasteiger partial charge < -0.3 is 33.6 Å². The number of carbonyl (C=O) groups excluding carboxylic acids is 2. The summed E-state index contributed by atoms with van der Waals surface area (Å²) in [6, 6.07) is 0. The smallest absolute Gasteiger partial charge is 0.384 e. The van der Waals surface area contributed by atoms with Gasteiger partial charge in [-0.15, -0.1) is 0 Å². The molecule has 0 aromatic heterocycles. The lowest BCUT2D eigenvalue weighted by molar-refractivity contribution is -0.901. The molecular weight excluding hydrogens is 693 g/mol. The Morgan fingerprint density at radius 3 is 1.32 bits per heavy atom. The average Bonchev–Trinajstić information content (AvgIpc) is 3.12. The van der Waals surface area contributed by atoms with Gasteiger partial charge in [0.05, 0.1) is 27.2 Å². The van der Waals surface area contributed by atoms with Crippen molar-refractivity contribution in [1.82, 2.24) is 0 Å². The van der Waals surface area contributed by atoms with Gasteiger partial charge in [-0.05, 0) is 19.8 Å². The molecule has 0 amide bonds. The highest BCUT2D eigenvalue weighted by atomic mass is 31.2. The number of unbranched alkanes of at least 4 members (excludes halogenated alkanes) is 24. The van der Waals surface area contributed by atoms with E-state index in [0.717, 1.165) is 38.5 Å². The van der Waals surface area contributed by atoms with Crippen molar-refractivity contribution in [3.05, 3.63) is 0 Å². The van der Waals surface area contributed by atoms with Gasteiger partial charge in [0.2, 0.25) is 0 Å². The van der Waals surface area contributed by atoms with Crippen LogP contribution in [0.4, 0.5) is 0 Å². The number of esters is 2. The van der Waals surface area contributed by atoms with Gasteiger partial charge in [-0.3, -0.25) is 14.2 Å². The zero-order chi connectivity index (χ0) is 39.6. The third-order valence-corrected chi connectivity index (χ3v) is 12.7. The molecule has 0 aromatic carbocycles. The second kappa shape index (κ2) is 34.2. The monoisotopic (exact) mass is 779 g/mol. The normalized spacial score (nSPS) is 14.3. The fourth-order valence-electron chi connectivity index (χ4n) is 6.52. The molecule has 316 valence electrons. The third-order valence-electron chi connectivity index (χ3n) is 10.6. The lowest BCUT2D eigenvalue weighted by atomic mass is 10.0. The Morgan fingerprint density at radius 2 is 0.943 bits per heavy atom. The molecular formula is C42H85NO9P+. The molecule has 3 atom stereocenters. The van der Waals surface area contributed by atoms with Crippen LogP contribution in [0.25, 0.3) is 0 Å². The van der Waals surface area contributed by atoms with Crippen LogP contribution in [0, 0.1) is 0 Å². The van der Waals surface area contributed by atoms with Crippen LogP contribution in [0.2, 0.25) is 0 Å². The second-order valence-electron chi connectivity index (χ2n) is 16.0. The summed E-state index contributed by atoms with van der Waals surface area (Å²) in [6.45, 7) is 5.65. The van der Waals surface area contributed by atoms with Gasteiger partial charge in [-0.1, -0.05) is 168 Å². The number of nitrogens with zero attached hydrogens (tertiary/aromatic N) is 1. The topological polar surface area (TPSA) is 140 Å². The van der Waals surface area contributed by atoms with Gasteiger partial charge in [-0.2, -0.15) is 0 Å². The van der Waals surface area contributed by atoms with Gasteiger partial charge in [0.1, 0.15) is 6.61 Å². The van der Waals surface area contributed by atoms with Crippen LogP contribution >= 0.6 is 7.60 Å². The summed E-state index contributed by atoms with van der Waals surface area (Å²) in [4.78, 5) is 36.1. The van der Waals surface area contributed by atoms with Crippen LogP contribution in [0.1, 0.15) is 207 Å². The molecule has 0 saturated carbocycles. The van der Waals surface area contributed by atoms with Crippen molar-refractivity contribution in [2.24, 2.45) is 0 Å². The summed E-state index contributed by atoms with van der Waals surface area (Å²) >= 11 is 0. The highest BCUT2D eigenvalue weighted by Gasteiger charge is 2.42. The first kappa shape index (κ1) is 52.0. The molecule has 0 aromatic rings. The Labute approximate surface area is 325 Å². The molecule has 0 aliphatic rings. The van der Waals surface area contributed by atoms with E-state index in [1.807, 2.05) is 0 Å². The predicted octanol–water partition coefficient (Wildman–Crippen LogP) is 10.7. The van der Waals surface area contributed by atoms with E-state index in [0.29, 0.717) is 6.42 Å². The molecule has 0 aliphatic heterocycles. The lowest BCUT2D eigenvalue weighted by Gasteiger charge is -2.37. The first-order valence-electron chi connectivity index (χ1n) is 21.9. The van der Waals surface area contributed by atoms with Crippen LogP contribution in [0.5, 0.6) is 0 Å². The highest BCUT2D eigenvalue weighted by Crippen LogP contribution is 2.50. The maximum Gasteiger partial charge on any atom is 0.384 e. The number of hydrogen-bond donors (Lipinski definition) is 3. The van der Waals surface area contributed by atoms with Crippen molar-refractivity contribution in [2.75, 3.05) is 33.9 Å². The fourth-order valence-corrected chi connectivity index (χ4v) is 8.02. The molecule has 2 unspecified atom stereocenters. The molecule has 0 saturated heterocycles. The van der Waals surface area contributed by atoms with Crippen LogP contribution in [0.3, 0.4) is 0 Å². The molecule has 3 N–H and O–H groups in total. The summed E-state index contributed by atoms with van der Waals surface area (Å²) in [6.07, 6.45) is 29.5. The van der Waals surface area contributed by atoms with Crippen molar-refractivity contribution < 1.29 is 47.7 Å². The SMILES string of the molecule is CCCCCCCCCCCCCCCCCC(=O)OC[C@H](COP(=O)(O)C(C)[N+](C)(C)CCC(O)O)OC(=O)CCCCCCCCCCCCC. The number of hydrogen-bond acceptors (Lipinski definition) is 8. The van der Waals surface area contributed by atoms with Gasteiger partial charge in [0.15, 0.2) is 18.2 Å². The number of carbonyl (C=O) groups is 2. The van der Waals surface area contributed by atoms with Crippen molar-refractivity contribution in [2.45, 2.75) is 225 Å². The van der Waals surface area contributed by atoms with E-state index < -0.39 is 38.3 Å². The minimum absolute atomic E-state index is 0.0168. The Kier molecular flexibility index (Phi) is 33.6. The summed E-state index contributed by atoms with van der Waals surface area (Å²) in [5, 5.41) is 18.6. The fraction of sp³-hybridized carbons (Fsp3) is 0.952. The Hall–Kier alpha value is -1.03. The van der Waals surface area contributed by atoms with Crippen molar-refractivity contribution in [1.29, 1.82) is 0 Å². The number of quaternary nitrogens is 1. The zero-order valence-electron chi connectivity index (χ0n) is 35.0. The molecule has 10 nitrogen and oxygen atoms in total. The first-order chi connectivity index (χ1) is 25.4. The van der Waals surface area contributed by atoms with Crippen LogP contribution < -0.4 is 0 Å². The number of aliphatic hydroxyl groups is 2. The zero-order valence-corrected chi connectivity index (χ0v) is 35.9. The summed E-state index contributed by atoms with van der Waals surface area (Å²) < 4.78 is 29.8. The molecule has 53 heavy (non-hydrogen) atoms. The van der Waals surface area contributed by atoms with Crippen LogP contribution in [-0.2, 0) is 28.2 Å². The average molecular weight is 779 g/mol. The molecule has 0 heterocycles. The van der Waals surface area contributed by atoms with Gasteiger partial charge in [0.25, 0.3) is 0 Å². The number of aliphatic hydroxyl groups excluding tert-OH is 1. The minimum Gasteiger partial charge on any atom is -0.462 e. The highest BCUT2D eigenvalue weighted by molar-refractivity contribution is 7.53. The summed E-state index contributed by atoms with van der Waals surface area (Å²) in [5.41, 5.74) is 0. The second-order valence-corrected chi connectivity index (χ2v) is 18.2. The lowest BCUT2D eigenvalue weighted by Crippen LogP contribution is -2.49. The molecule has 0 fully saturated rings. The van der Waals surface area contributed by atoms with Gasteiger partial charge >= 0.3 is 19.5 Å². The number of rotatable bonds is 39. The maximum absolute atomic E-state index is 13.2. The van der Waals surface area contributed by atoms with Gasteiger partial charge in [0, 0.05) is 19.3 Å². The molecule has 11 heteroatoms. The van der Waals surface area contributed by atoms with Crippen LogP contribution in [-0.4, -0.2) is 83.6 Å². The third kappa shape index (κ3) is 31.8. The molecule has 0 bridgehead atoms. The maximum atomic E-state index is 13.2. The standard InChI is InChI=1S/C42H84NO9P/c1-6-8-10-12-14-16-18-19-20-21-23-24-26-28-30-32-41(46)50-36-39(37-51-53(48,49)38(3)43(4,5)35-34-40(44)45)52-42(47)33-31-29-27-25-22-17-15-13-11-9-7-2/h38-40,44-45H,6-37H2,1-5H3/p+1/t38?,39-/m1/s1. The molecule has 0 radical (unpaired) electrons. The van der Waals surface area contributed by atoms with E-state index in [1.54, 1.807) is 21.0 Å². The predicted molar refractivity (Wildman–Crippen MR) is 217 cm³/mol. The van der Waals surface area contributed by atoms with E-state index in [9.17, 15) is 29.3 Å². The van der Waals surface area contributed by atoms with Crippen molar-refractivity contribution in [3.8, 4) is 0 Å². The Balaban J connectivity index is 4.61.